The van der Waals surface area contributed by atoms with Gasteiger partial charge in [-0.05, 0) is 55.3 Å². The molecule has 0 aliphatic carbocycles. The van der Waals surface area contributed by atoms with Gasteiger partial charge in [-0.15, -0.1) is 0 Å². The largest absolute Gasteiger partial charge is 0.484 e. The van der Waals surface area contributed by atoms with Crippen LogP contribution in [0.1, 0.15) is 11.1 Å². The number of hydrogen-bond donors (Lipinski definition) is 1. The molecule has 2 aromatic carbocycles. The number of aryl methyl sites for hydroxylation is 1. The summed E-state index contributed by atoms with van der Waals surface area (Å²) in [5, 5.41) is 4.05. The molecule has 0 aliphatic heterocycles. The van der Waals surface area contributed by atoms with Crippen LogP contribution in [0.3, 0.4) is 0 Å². The summed E-state index contributed by atoms with van der Waals surface area (Å²) >= 11 is 11.9. The fraction of sp³-hybridized carbons (Fsp3) is 0.188. The lowest BCUT2D eigenvalue weighted by Gasteiger charge is -2.11. The van der Waals surface area contributed by atoms with Gasteiger partial charge >= 0.3 is 0 Å². The molecule has 1 amide bonds. The lowest BCUT2D eigenvalue weighted by molar-refractivity contribution is -0.118. The number of nitrogens with one attached hydrogen (secondary N) is 1. The van der Waals surface area contributed by atoms with E-state index in [1.54, 1.807) is 36.4 Å². The molecule has 0 unspecified atom stereocenters. The van der Waals surface area contributed by atoms with Crippen molar-refractivity contribution in [3.8, 4) is 5.75 Å². The Morgan fingerprint density at radius 1 is 1.14 bits per heavy atom. The van der Waals surface area contributed by atoms with E-state index in [0.29, 0.717) is 21.5 Å². The maximum absolute atomic E-state index is 11.9. The second kappa shape index (κ2) is 6.83. The van der Waals surface area contributed by atoms with E-state index in [-0.39, 0.29) is 12.5 Å². The van der Waals surface area contributed by atoms with Gasteiger partial charge in [-0.25, -0.2) is 0 Å². The molecule has 0 fully saturated rings. The molecule has 3 nitrogen and oxygen atoms in total. The fourth-order valence-corrected chi connectivity index (χ4v) is 2.08. The molecule has 2 rings (SSSR count). The molecule has 0 atom stereocenters. The molecule has 110 valence electrons. The first kappa shape index (κ1) is 15.7. The highest BCUT2D eigenvalue weighted by molar-refractivity contribution is 6.32. The molecule has 0 spiro atoms. The molecule has 0 aliphatic rings. The average molecular weight is 324 g/mol. The van der Waals surface area contributed by atoms with Gasteiger partial charge in [0.2, 0.25) is 0 Å². The van der Waals surface area contributed by atoms with E-state index in [9.17, 15) is 4.79 Å². The van der Waals surface area contributed by atoms with Crippen LogP contribution in [-0.4, -0.2) is 12.5 Å². The lowest BCUT2D eigenvalue weighted by atomic mass is 10.2. The number of benzene rings is 2. The van der Waals surface area contributed by atoms with Crippen molar-refractivity contribution in [2.45, 2.75) is 13.8 Å². The van der Waals surface area contributed by atoms with Crippen LogP contribution in [0.15, 0.2) is 36.4 Å². The zero-order valence-electron chi connectivity index (χ0n) is 11.7. The Hall–Kier alpha value is -1.71. The van der Waals surface area contributed by atoms with Crippen molar-refractivity contribution < 1.29 is 9.53 Å². The monoisotopic (exact) mass is 323 g/mol. The van der Waals surface area contributed by atoms with Crippen molar-refractivity contribution in [1.82, 2.24) is 0 Å². The zero-order valence-corrected chi connectivity index (χ0v) is 13.3. The van der Waals surface area contributed by atoms with Gasteiger partial charge in [0.05, 0.1) is 0 Å². The Kier molecular flexibility index (Phi) is 5.10. The number of halogens is 2. The number of carbonyl (C=O) groups is 1. The highest BCUT2D eigenvalue weighted by atomic mass is 35.5. The van der Waals surface area contributed by atoms with Crippen LogP contribution in [0.2, 0.25) is 10.0 Å². The molecule has 0 saturated carbocycles. The minimum atomic E-state index is -0.243. The summed E-state index contributed by atoms with van der Waals surface area (Å²) in [5.41, 5.74) is 2.42. The normalized spacial score (nSPS) is 10.3. The Morgan fingerprint density at radius 2 is 1.90 bits per heavy atom. The van der Waals surface area contributed by atoms with Gasteiger partial charge < -0.3 is 10.1 Å². The Bertz CT molecular complexity index is 671. The van der Waals surface area contributed by atoms with Crippen molar-refractivity contribution in [3.05, 3.63) is 57.6 Å². The molecule has 0 bridgehead atoms. The summed E-state index contributed by atoms with van der Waals surface area (Å²) in [5.74, 6) is 0.364. The van der Waals surface area contributed by atoms with Gasteiger partial charge in [-0.1, -0.05) is 29.3 Å². The molecule has 0 aromatic heterocycles. The van der Waals surface area contributed by atoms with Gasteiger partial charge in [-0.2, -0.15) is 0 Å². The Labute approximate surface area is 133 Å². The first-order valence-electron chi connectivity index (χ1n) is 6.41. The molecule has 2 aromatic rings. The summed E-state index contributed by atoms with van der Waals surface area (Å²) in [4.78, 5) is 11.9. The number of rotatable bonds is 4. The van der Waals surface area contributed by atoms with Crippen molar-refractivity contribution in [2.75, 3.05) is 11.9 Å². The molecular formula is C16H15Cl2NO2. The van der Waals surface area contributed by atoms with Gasteiger partial charge in [0.1, 0.15) is 5.75 Å². The molecule has 21 heavy (non-hydrogen) atoms. The van der Waals surface area contributed by atoms with Crippen molar-refractivity contribution in [2.24, 2.45) is 0 Å². The third-order valence-electron chi connectivity index (χ3n) is 3.04. The maximum Gasteiger partial charge on any atom is 0.262 e. The summed E-state index contributed by atoms with van der Waals surface area (Å²) in [6.45, 7) is 3.65. The maximum atomic E-state index is 11.9. The standard InChI is InChI=1S/C16H15Cl2NO2/c1-10-8-12(6-7-13(10)17)21-9-16(20)19-15-5-3-4-14(18)11(15)2/h3-8H,9H2,1-2H3,(H,19,20). The van der Waals surface area contributed by atoms with Crippen LogP contribution in [0.25, 0.3) is 0 Å². The van der Waals surface area contributed by atoms with Crippen molar-refractivity contribution >= 4 is 34.8 Å². The third kappa shape index (κ3) is 4.13. The van der Waals surface area contributed by atoms with Crippen LogP contribution in [0.5, 0.6) is 5.75 Å². The number of anilines is 1. The zero-order chi connectivity index (χ0) is 15.4. The predicted molar refractivity (Wildman–Crippen MR) is 86.5 cm³/mol. The lowest BCUT2D eigenvalue weighted by Crippen LogP contribution is -2.20. The summed E-state index contributed by atoms with van der Waals surface area (Å²) in [6, 6.07) is 10.6. The molecule has 0 saturated heterocycles. The van der Waals surface area contributed by atoms with Crippen LogP contribution >= 0.6 is 23.2 Å². The van der Waals surface area contributed by atoms with Gasteiger partial charge in [0.15, 0.2) is 6.61 Å². The fourth-order valence-electron chi connectivity index (χ4n) is 1.79. The van der Waals surface area contributed by atoms with Gasteiger partial charge in [0, 0.05) is 15.7 Å². The van der Waals surface area contributed by atoms with E-state index in [1.807, 2.05) is 13.8 Å². The van der Waals surface area contributed by atoms with E-state index in [4.69, 9.17) is 27.9 Å². The summed E-state index contributed by atoms with van der Waals surface area (Å²) in [7, 11) is 0. The number of amides is 1. The van der Waals surface area contributed by atoms with Gasteiger partial charge in [0.25, 0.3) is 5.91 Å². The van der Waals surface area contributed by atoms with E-state index >= 15 is 0 Å². The molecule has 1 N–H and O–H groups in total. The second-order valence-corrected chi connectivity index (χ2v) is 5.47. The van der Waals surface area contributed by atoms with Gasteiger partial charge in [-0.3, -0.25) is 4.79 Å². The second-order valence-electron chi connectivity index (χ2n) is 4.66. The summed E-state index contributed by atoms with van der Waals surface area (Å²) in [6.07, 6.45) is 0. The minimum absolute atomic E-state index is 0.0764. The summed E-state index contributed by atoms with van der Waals surface area (Å²) < 4.78 is 5.44. The van der Waals surface area contributed by atoms with E-state index in [1.165, 1.54) is 0 Å². The Morgan fingerprint density at radius 3 is 2.62 bits per heavy atom. The van der Waals surface area contributed by atoms with Crippen LogP contribution in [0, 0.1) is 13.8 Å². The van der Waals surface area contributed by atoms with Crippen molar-refractivity contribution in [1.29, 1.82) is 0 Å². The number of hydrogen-bond acceptors (Lipinski definition) is 2. The Balaban J connectivity index is 1.96. The van der Waals surface area contributed by atoms with Crippen molar-refractivity contribution in [3.63, 3.8) is 0 Å². The SMILES string of the molecule is Cc1cc(OCC(=O)Nc2cccc(Cl)c2C)ccc1Cl. The first-order valence-corrected chi connectivity index (χ1v) is 7.17. The predicted octanol–water partition coefficient (Wildman–Crippen LogP) is 4.63. The first-order chi connectivity index (χ1) is 9.97. The molecule has 0 heterocycles. The van der Waals surface area contributed by atoms with Crippen LogP contribution in [0.4, 0.5) is 5.69 Å². The van der Waals surface area contributed by atoms with Crippen LogP contribution < -0.4 is 10.1 Å². The highest BCUT2D eigenvalue weighted by Gasteiger charge is 2.08. The van der Waals surface area contributed by atoms with Crippen LogP contribution in [-0.2, 0) is 4.79 Å². The topological polar surface area (TPSA) is 38.3 Å². The third-order valence-corrected chi connectivity index (χ3v) is 3.87. The highest BCUT2D eigenvalue weighted by Crippen LogP contribution is 2.23. The smallest absolute Gasteiger partial charge is 0.262 e. The molecule has 5 heteroatoms. The molecular weight excluding hydrogens is 309 g/mol. The number of ether oxygens (including phenoxy) is 1. The van der Waals surface area contributed by atoms with E-state index in [0.717, 1.165) is 11.1 Å². The van der Waals surface area contributed by atoms with E-state index in [2.05, 4.69) is 5.32 Å². The average Bonchev–Trinajstić information content (AvgIpc) is 2.45. The number of carbonyl (C=O) groups excluding carboxylic acids is 1. The van der Waals surface area contributed by atoms with E-state index < -0.39 is 0 Å². The minimum Gasteiger partial charge on any atom is -0.484 e. The molecule has 0 radical (unpaired) electrons. The quantitative estimate of drug-likeness (QED) is 0.890.